The molecule has 18 heavy (non-hydrogen) atoms. The maximum Gasteiger partial charge on any atom is 0.337 e. The van der Waals surface area contributed by atoms with Gasteiger partial charge in [-0.3, -0.25) is 14.9 Å². The molecule has 1 aromatic rings. The van der Waals surface area contributed by atoms with E-state index in [0.29, 0.717) is 0 Å². The van der Waals surface area contributed by atoms with Crippen LogP contribution in [-0.4, -0.2) is 21.9 Å². The minimum atomic E-state index is -1.30. The van der Waals surface area contributed by atoms with E-state index >= 15 is 0 Å². The molecule has 0 bridgehead atoms. The van der Waals surface area contributed by atoms with E-state index in [9.17, 15) is 19.7 Å². The van der Waals surface area contributed by atoms with Crippen LogP contribution in [0.25, 0.3) is 0 Å². The predicted octanol–water partition coefficient (Wildman–Crippen LogP) is 1.25. The molecule has 0 fully saturated rings. The Morgan fingerprint density at radius 3 is 2.61 bits per heavy atom. The average molecular weight is 248 g/mol. The Morgan fingerprint density at radius 1 is 1.44 bits per heavy atom. The molecule has 0 atom stereocenters. The van der Waals surface area contributed by atoms with Crippen molar-refractivity contribution < 1.29 is 19.6 Å². The lowest BCUT2D eigenvalue weighted by Crippen LogP contribution is -2.12. The summed E-state index contributed by atoms with van der Waals surface area (Å²) in [5, 5.41) is 21.6. The molecule has 0 heterocycles. The number of hydrogen-bond donors (Lipinski definition) is 2. The van der Waals surface area contributed by atoms with Crippen molar-refractivity contribution in [2.24, 2.45) is 0 Å². The Labute approximate surface area is 102 Å². The summed E-state index contributed by atoms with van der Waals surface area (Å²) in [6.07, 6.45) is 0. The van der Waals surface area contributed by atoms with Gasteiger partial charge in [0.15, 0.2) is 0 Å². The number of nitro benzene ring substituents is 1. The van der Waals surface area contributed by atoms with E-state index in [1.165, 1.54) is 6.92 Å². The lowest BCUT2D eigenvalue weighted by molar-refractivity contribution is -0.384. The van der Waals surface area contributed by atoms with Gasteiger partial charge in [-0.1, -0.05) is 5.92 Å². The number of benzene rings is 1. The summed E-state index contributed by atoms with van der Waals surface area (Å²) in [6.45, 7) is 1.44. The molecule has 0 spiro atoms. The van der Waals surface area contributed by atoms with Gasteiger partial charge < -0.3 is 10.4 Å². The number of hydrogen-bond acceptors (Lipinski definition) is 4. The second-order valence-electron chi connectivity index (χ2n) is 3.12. The average Bonchev–Trinajstić information content (AvgIpc) is 2.28. The molecule has 1 aromatic carbocycles. The standard InChI is InChI=1S/C11H8N2O5/c1-2-3-10(14)12-9-6-7(13(17)18)4-5-8(9)11(15)16/h4-6H,1H3,(H,12,14)(H,15,16). The van der Waals surface area contributed by atoms with Gasteiger partial charge in [-0.05, 0) is 18.9 Å². The highest BCUT2D eigenvalue weighted by Gasteiger charge is 2.16. The van der Waals surface area contributed by atoms with Gasteiger partial charge in [0.1, 0.15) is 0 Å². The summed E-state index contributed by atoms with van der Waals surface area (Å²) in [4.78, 5) is 32.0. The first kappa shape index (κ1) is 13.2. The Hall–Kier alpha value is -2.88. The molecule has 1 rings (SSSR count). The normalized spacial score (nSPS) is 8.94. The maximum atomic E-state index is 11.2. The first-order chi connectivity index (χ1) is 8.45. The SMILES string of the molecule is CC#CC(=O)Nc1cc([N+](=O)[O-])ccc1C(=O)O. The van der Waals surface area contributed by atoms with Gasteiger partial charge in [0.05, 0.1) is 16.2 Å². The minimum absolute atomic E-state index is 0.163. The number of carbonyl (C=O) groups is 2. The number of rotatable bonds is 3. The van der Waals surface area contributed by atoms with Crippen LogP contribution in [0, 0.1) is 22.0 Å². The zero-order chi connectivity index (χ0) is 13.7. The second kappa shape index (κ2) is 5.45. The molecule has 2 N–H and O–H groups in total. The molecule has 0 unspecified atom stereocenters. The van der Waals surface area contributed by atoms with Gasteiger partial charge in [0.2, 0.25) is 0 Å². The Bertz CT molecular complexity index is 583. The van der Waals surface area contributed by atoms with Crippen LogP contribution < -0.4 is 5.32 Å². The van der Waals surface area contributed by atoms with Crippen LogP contribution in [0.4, 0.5) is 11.4 Å². The molecule has 1 amide bonds. The molecule has 0 saturated heterocycles. The Kier molecular flexibility index (Phi) is 3.99. The van der Waals surface area contributed by atoms with Crippen molar-refractivity contribution in [1.82, 2.24) is 0 Å². The fourth-order valence-electron chi connectivity index (χ4n) is 1.20. The van der Waals surface area contributed by atoms with Gasteiger partial charge in [0.25, 0.3) is 11.6 Å². The molecule has 0 aromatic heterocycles. The van der Waals surface area contributed by atoms with E-state index in [2.05, 4.69) is 17.2 Å². The van der Waals surface area contributed by atoms with Gasteiger partial charge >= 0.3 is 5.97 Å². The van der Waals surface area contributed by atoms with Gasteiger partial charge in [-0.15, -0.1) is 0 Å². The lowest BCUT2D eigenvalue weighted by atomic mass is 10.1. The lowest BCUT2D eigenvalue weighted by Gasteiger charge is -2.05. The summed E-state index contributed by atoms with van der Waals surface area (Å²) < 4.78 is 0. The quantitative estimate of drug-likeness (QED) is 0.475. The van der Waals surface area contributed by atoms with Crippen LogP contribution in [0.1, 0.15) is 17.3 Å². The summed E-state index contributed by atoms with van der Waals surface area (Å²) >= 11 is 0. The first-order valence-corrected chi connectivity index (χ1v) is 4.71. The molecule has 92 valence electrons. The highest BCUT2D eigenvalue weighted by Crippen LogP contribution is 2.22. The van der Waals surface area contributed by atoms with Crippen molar-refractivity contribution >= 4 is 23.3 Å². The number of non-ortho nitro benzene ring substituents is 1. The first-order valence-electron chi connectivity index (χ1n) is 4.71. The number of aromatic carboxylic acids is 1. The van der Waals surface area contributed by atoms with Crippen LogP contribution in [0.15, 0.2) is 18.2 Å². The van der Waals surface area contributed by atoms with E-state index < -0.39 is 16.8 Å². The molecular weight excluding hydrogens is 240 g/mol. The van der Waals surface area contributed by atoms with E-state index in [0.717, 1.165) is 18.2 Å². The fraction of sp³-hybridized carbons (Fsp3) is 0.0909. The van der Waals surface area contributed by atoms with Crippen molar-refractivity contribution in [3.8, 4) is 11.8 Å². The van der Waals surface area contributed by atoms with Crippen LogP contribution in [0.5, 0.6) is 0 Å². The number of carboxylic acids is 1. The number of anilines is 1. The van der Waals surface area contributed by atoms with E-state index in [-0.39, 0.29) is 16.9 Å². The third kappa shape index (κ3) is 3.05. The number of carbonyl (C=O) groups excluding carboxylic acids is 1. The van der Waals surface area contributed by atoms with Gasteiger partial charge in [-0.25, -0.2) is 4.79 Å². The van der Waals surface area contributed by atoms with Crippen molar-refractivity contribution in [2.45, 2.75) is 6.92 Å². The number of carboxylic acid groups (broad SMARTS) is 1. The van der Waals surface area contributed by atoms with Crippen molar-refractivity contribution in [1.29, 1.82) is 0 Å². The van der Waals surface area contributed by atoms with Crippen LogP contribution in [0.3, 0.4) is 0 Å². The van der Waals surface area contributed by atoms with E-state index in [1.54, 1.807) is 0 Å². The smallest absolute Gasteiger partial charge is 0.337 e. The molecule has 0 saturated carbocycles. The summed E-state index contributed by atoms with van der Waals surface area (Å²) in [7, 11) is 0. The van der Waals surface area contributed by atoms with Crippen LogP contribution in [0.2, 0.25) is 0 Å². The maximum absolute atomic E-state index is 11.2. The highest BCUT2D eigenvalue weighted by atomic mass is 16.6. The van der Waals surface area contributed by atoms with Gasteiger partial charge in [-0.2, -0.15) is 0 Å². The topological polar surface area (TPSA) is 110 Å². The number of amides is 1. The molecule has 7 heteroatoms. The molecule has 0 aliphatic heterocycles. The minimum Gasteiger partial charge on any atom is -0.478 e. The molecular formula is C11H8N2O5. The number of nitrogens with zero attached hydrogens (tertiary/aromatic N) is 1. The molecule has 0 aliphatic carbocycles. The third-order valence-corrected chi connectivity index (χ3v) is 1.93. The van der Waals surface area contributed by atoms with Gasteiger partial charge in [0, 0.05) is 12.1 Å². The summed E-state index contributed by atoms with van der Waals surface area (Å²) in [5.74, 6) is 2.44. The Morgan fingerprint density at radius 2 is 2.11 bits per heavy atom. The molecule has 0 radical (unpaired) electrons. The van der Waals surface area contributed by atoms with E-state index in [1.807, 2.05) is 0 Å². The fourth-order valence-corrected chi connectivity index (χ4v) is 1.20. The van der Waals surface area contributed by atoms with Crippen LogP contribution >= 0.6 is 0 Å². The summed E-state index contributed by atoms with van der Waals surface area (Å²) in [5.41, 5.74) is -0.726. The second-order valence-corrected chi connectivity index (χ2v) is 3.12. The zero-order valence-corrected chi connectivity index (χ0v) is 9.26. The summed E-state index contributed by atoms with van der Waals surface area (Å²) in [6, 6.07) is 3.07. The zero-order valence-electron chi connectivity index (χ0n) is 9.26. The largest absolute Gasteiger partial charge is 0.478 e. The predicted molar refractivity (Wildman–Crippen MR) is 62.1 cm³/mol. The van der Waals surface area contributed by atoms with Crippen LogP contribution in [-0.2, 0) is 4.79 Å². The molecule has 7 nitrogen and oxygen atoms in total. The van der Waals surface area contributed by atoms with E-state index in [4.69, 9.17) is 5.11 Å². The molecule has 0 aliphatic rings. The Balaban J connectivity index is 3.22. The number of nitrogens with one attached hydrogen (secondary N) is 1. The monoisotopic (exact) mass is 248 g/mol. The van der Waals surface area contributed by atoms with Crippen molar-refractivity contribution in [2.75, 3.05) is 5.32 Å². The number of nitro groups is 1. The van der Waals surface area contributed by atoms with Crippen molar-refractivity contribution in [3.05, 3.63) is 33.9 Å². The highest BCUT2D eigenvalue weighted by molar-refractivity contribution is 6.07. The third-order valence-electron chi connectivity index (χ3n) is 1.93. The van der Waals surface area contributed by atoms with Crippen molar-refractivity contribution in [3.63, 3.8) is 0 Å².